The summed E-state index contributed by atoms with van der Waals surface area (Å²) in [4.78, 5) is 22.4. The van der Waals surface area contributed by atoms with E-state index in [-0.39, 0.29) is 12.2 Å². The van der Waals surface area contributed by atoms with Gasteiger partial charge in [-0.1, -0.05) is 18.2 Å². The Balaban J connectivity index is 1.94. The highest BCUT2D eigenvalue weighted by Crippen LogP contribution is 2.26. The van der Waals surface area contributed by atoms with E-state index in [0.29, 0.717) is 22.3 Å². The number of anilines is 1. The van der Waals surface area contributed by atoms with E-state index < -0.39 is 10.9 Å². The molecule has 0 fully saturated rings. The van der Waals surface area contributed by atoms with Crippen LogP contribution in [0.25, 0.3) is 10.9 Å². The van der Waals surface area contributed by atoms with Crippen LogP contribution in [-0.2, 0) is 11.3 Å². The number of carbonyl (C=O) groups is 1. The molecule has 0 atom stereocenters. The lowest BCUT2D eigenvalue weighted by atomic mass is 10.1. The Labute approximate surface area is 136 Å². The molecule has 8 nitrogen and oxygen atoms in total. The van der Waals surface area contributed by atoms with E-state index in [1.807, 2.05) is 0 Å². The fourth-order valence-corrected chi connectivity index (χ4v) is 2.46. The number of aromatic nitrogens is 2. The first-order valence-corrected chi connectivity index (χ1v) is 7.11. The number of nitrogens with one attached hydrogen (secondary N) is 2. The largest absolute Gasteiger partial charge is 0.465 e. The Hall–Kier alpha value is -3.42. The Bertz CT molecular complexity index is 919. The molecule has 2 N–H and O–H groups in total. The van der Waals surface area contributed by atoms with Crippen LogP contribution in [0.1, 0.15) is 15.9 Å². The lowest BCUT2D eigenvalue weighted by Gasteiger charge is -2.10. The number of para-hydroxylation sites is 1. The van der Waals surface area contributed by atoms with Crippen LogP contribution in [-0.4, -0.2) is 28.2 Å². The summed E-state index contributed by atoms with van der Waals surface area (Å²) in [5, 5.41) is 21.8. The third kappa shape index (κ3) is 2.89. The smallest absolute Gasteiger partial charge is 0.337 e. The van der Waals surface area contributed by atoms with E-state index in [9.17, 15) is 14.9 Å². The molecule has 0 saturated carbocycles. The predicted molar refractivity (Wildman–Crippen MR) is 87.9 cm³/mol. The van der Waals surface area contributed by atoms with Crippen LogP contribution < -0.4 is 5.32 Å². The van der Waals surface area contributed by atoms with Gasteiger partial charge in [-0.25, -0.2) is 4.79 Å². The second-order valence-corrected chi connectivity index (χ2v) is 5.09. The monoisotopic (exact) mass is 326 g/mol. The standard InChI is InChI=1S/C16H14N4O4/c1-24-16(21)11-6-13(12-9-18-19-14(12)7-11)17-8-10-4-2-3-5-15(10)20(22)23/h2-7,9,17H,8H2,1H3,(H,18,19). The predicted octanol–water partition coefficient (Wildman–Crippen LogP) is 2.87. The number of nitrogens with zero attached hydrogens (tertiary/aromatic N) is 2. The van der Waals surface area contributed by atoms with Crippen molar-refractivity contribution >= 4 is 28.2 Å². The first kappa shape index (κ1) is 15.5. The lowest BCUT2D eigenvalue weighted by Crippen LogP contribution is -2.06. The maximum atomic E-state index is 11.8. The van der Waals surface area contributed by atoms with Crippen LogP contribution in [0.3, 0.4) is 0 Å². The van der Waals surface area contributed by atoms with Gasteiger partial charge in [-0.15, -0.1) is 0 Å². The summed E-state index contributed by atoms with van der Waals surface area (Å²) in [6, 6.07) is 9.77. The molecule has 0 aliphatic carbocycles. The fraction of sp³-hybridized carbons (Fsp3) is 0.125. The van der Waals surface area contributed by atoms with E-state index in [1.54, 1.807) is 36.5 Å². The molecular weight excluding hydrogens is 312 g/mol. The number of benzene rings is 2. The Kier molecular flexibility index (Phi) is 4.11. The van der Waals surface area contributed by atoms with Gasteiger partial charge in [0.1, 0.15) is 0 Å². The number of ether oxygens (including phenoxy) is 1. The first-order chi connectivity index (χ1) is 11.6. The molecule has 0 aliphatic rings. The van der Waals surface area contributed by atoms with E-state index in [4.69, 9.17) is 4.74 Å². The molecule has 0 bridgehead atoms. The van der Waals surface area contributed by atoms with Crippen molar-refractivity contribution in [2.75, 3.05) is 12.4 Å². The van der Waals surface area contributed by atoms with E-state index in [2.05, 4.69) is 15.5 Å². The van der Waals surface area contributed by atoms with Crippen molar-refractivity contribution in [3.05, 3.63) is 63.8 Å². The third-order valence-corrected chi connectivity index (χ3v) is 3.64. The Morgan fingerprint density at radius 1 is 1.38 bits per heavy atom. The number of carbonyl (C=O) groups excluding carboxylic acids is 1. The zero-order valence-corrected chi connectivity index (χ0v) is 12.8. The van der Waals surface area contributed by atoms with Gasteiger partial charge in [0.25, 0.3) is 5.69 Å². The number of esters is 1. The van der Waals surface area contributed by atoms with Gasteiger partial charge in [0.05, 0.1) is 29.3 Å². The van der Waals surface area contributed by atoms with Gasteiger partial charge in [-0.05, 0) is 12.1 Å². The van der Waals surface area contributed by atoms with Crippen molar-refractivity contribution in [2.24, 2.45) is 0 Å². The number of H-pyrrole nitrogens is 1. The number of hydrogen-bond donors (Lipinski definition) is 2. The van der Waals surface area contributed by atoms with Crippen molar-refractivity contribution in [1.82, 2.24) is 10.2 Å². The summed E-state index contributed by atoms with van der Waals surface area (Å²) in [5.41, 5.74) is 2.25. The van der Waals surface area contributed by atoms with Gasteiger partial charge in [-0.2, -0.15) is 5.10 Å². The minimum atomic E-state index is -0.472. The molecule has 1 heterocycles. The van der Waals surface area contributed by atoms with Crippen LogP contribution in [0.5, 0.6) is 0 Å². The lowest BCUT2D eigenvalue weighted by molar-refractivity contribution is -0.385. The van der Waals surface area contributed by atoms with Crippen LogP contribution in [0.4, 0.5) is 11.4 Å². The van der Waals surface area contributed by atoms with Gasteiger partial charge < -0.3 is 10.1 Å². The average molecular weight is 326 g/mol. The number of aromatic amines is 1. The van der Waals surface area contributed by atoms with Crippen molar-refractivity contribution in [1.29, 1.82) is 0 Å². The number of nitro benzene ring substituents is 1. The molecule has 0 aliphatic heterocycles. The molecule has 1 aromatic heterocycles. The molecule has 3 rings (SSSR count). The molecule has 0 saturated heterocycles. The SMILES string of the molecule is COC(=O)c1cc(NCc2ccccc2[N+](=O)[O-])c2cn[nH]c2c1. The van der Waals surface area contributed by atoms with Crippen molar-refractivity contribution in [3.8, 4) is 0 Å². The highest BCUT2D eigenvalue weighted by molar-refractivity contribution is 6.00. The number of hydrogen-bond acceptors (Lipinski definition) is 6. The van der Waals surface area contributed by atoms with Crippen molar-refractivity contribution in [3.63, 3.8) is 0 Å². The van der Waals surface area contributed by atoms with Gasteiger partial charge in [0.15, 0.2) is 0 Å². The van der Waals surface area contributed by atoms with Crippen molar-refractivity contribution < 1.29 is 14.5 Å². The number of rotatable bonds is 5. The molecule has 0 amide bonds. The fourth-order valence-electron chi connectivity index (χ4n) is 2.46. The molecule has 3 aromatic rings. The number of methoxy groups -OCH3 is 1. The topological polar surface area (TPSA) is 110 Å². The van der Waals surface area contributed by atoms with Crippen LogP contribution >= 0.6 is 0 Å². The van der Waals surface area contributed by atoms with Gasteiger partial charge in [0, 0.05) is 29.2 Å². The van der Waals surface area contributed by atoms with E-state index >= 15 is 0 Å². The summed E-state index contributed by atoms with van der Waals surface area (Å²) < 4.78 is 4.74. The van der Waals surface area contributed by atoms with E-state index in [0.717, 1.165) is 5.39 Å². The summed E-state index contributed by atoms with van der Waals surface area (Å²) in [6.07, 6.45) is 1.62. The maximum Gasteiger partial charge on any atom is 0.337 e. The zero-order valence-electron chi connectivity index (χ0n) is 12.8. The van der Waals surface area contributed by atoms with Crippen molar-refractivity contribution in [2.45, 2.75) is 6.54 Å². The summed E-state index contributed by atoms with van der Waals surface area (Å²) >= 11 is 0. The van der Waals surface area contributed by atoms with E-state index in [1.165, 1.54) is 13.2 Å². The Morgan fingerprint density at radius 3 is 2.92 bits per heavy atom. The quantitative estimate of drug-likeness (QED) is 0.424. The van der Waals surface area contributed by atoms with Crippen LogP contribution in [0, 0.1) is 10.1 Å². The minimum absolute atomic E-state index is 0.0394. The summed E-state index contributed by atoms with van der Waals surface area (Å²) in [5.74, 6) is -0.472. The first-order valence-electron chi connectivity index (χ1n) is 7.11. The van der Waals surface area contributed by atoms with Crippen LogP contribution in [0.2, 0.25) is 0 Å². The molecule has 0 spiro atoms. The molecule has 122 valence electrons. The normalized spacial score (nSPS) is 10.5. The van der Waals surface area contributed by atoms with Gasteiger partial charge >= 0.3 is 5.97 Å². The van der Waals surface area contributed by atoms with Crippen LogP contribution in [0.15, 0.2) is 42.6 Å². The maximum absolute atomic E-state index is 11.8. The molecule has 2 aromatic carbocycles. The van der Waals surface area contributed by atoms with Gasteiger partial charge in [-0.3, -0.25) is 15.2 Å². The second-order valence-electron chi connectivity index (χ2n) is 5.09. The number of fused-ring (bicyclic) bond motifs is 1. The highest BCUT2D eigenvalue weighted by atomic mass is 16.6. The third-order valence-electron chi connectivity index (χ3n) is 3.64. The molecule has 24 heavy (non-hydrogen) atoms. The zero-order chi connectivity index (χ0) is 17.1. The molecule has 0 radical (unpaired) electrons. The molecular formula is C16H14N4O4. The molecule has 8 heteroatoms. The Morgan fingerprint density at radius 2 is 2.17 bits per heavy atom. The second kappa shape index (κ2) is 6.37. The van der Waals surface area contributed by atoms with Gasteiger partial charge in [0.2, 0.25) is 0 Å². The average Bonchev–Trinajstić information content (AvgIpc) is 3.07. The summed E-state index contributed by atoms with van der Waals surface area (Å²) in [6.45, 7) is 0.238. The minimum Gasteiger partial charge on any atom is -0.465 e. The number of nitro groups is 1. The summed E-state index contributed by atoms with van der Waals surface area (Å²) in [7, 11) is 1.31. The molecule has 0 unspecified atom stereocenters. The highest BCUT2D eigenvalue weighted by Gasteiger charge is 2.15.